The van der Waals surface area contributed by atoms with E-state index < -0.39 is 0 Å². The quantitative estimate of drug-likeness (QED) is 0.486. The number of hydrogen-bond donors (Lipinski definition) is 0. The highest BCUT2D eigenvalue weighted by Gasteiger charge is 2.10. The molecular weight excluding hydrogens is 368 g/mol. The number of nitrogens with zero attached hydrogens (tertiary/aromatic N) is 2. The lowest BCUT2D eigenvalue weighted by molar-refractivity contribution is 0.267. The van der Waals surface area contributed by atoms with Crippen molar-refractivity contribution in [1.82, 2.24) is 10.2 Å². The predicted molar refractivity (Wildman–Crippen MR) is 95.7 cm³/mol. The van der Waals surface area contributed by atoms with Crippen molar-refractivity contribution in [2.24, 2.45) is 0 Å². The lowest BCUT2D eigenvalue weighted by Crippen LogP contribution is -1.96. The van der Waals surface area contributed by atoms with Gasteiger partial charge in [-0.15, -0.1) is 10.2 Å². The molecule has 0 aliphatic carbocycles. The zero-order valence-electron chi connectivity index (χ0n) is 12.6. The smallest absolute Gasteiger partial charge is 0.254 e. The third kappa shape index (κ3) is 3.03. The Morgan fingerprint density at radius 3 is 2.67 bits per heavy atom. The monoisotopic (exact) mass is 380 g/mol. The first-order chi connectivity index (χ1) is 11.8. The number of hydrogen-bond acceptors (Lipinski definition) is 4. The van der Waals surface area contributed by atoms with Crippen LogP contribution in [0.3, 0.4) is 0 Å². The van der Waals surface area contributed by atoms with Crippen molar-refractivity contribution in [3.63, 3.8) is 0 Å². The van der Waals surface area contributed by atoms with E-state index in [1.54, 1.807) is 0 Å². The summed E-state index contributed by atoms with van der Waals surface area (Å²) in [6.45, 7) is 0.231. The van der Waals surface area contributed by atoms with Crippen LogP contribution in [-0.2, 0) is 6.61 Å². The number of benzene rings is 3. The summed E-state index contributed by atoms with van der Waals surface area (Å²) in [5.41, 5.74) is 0.869. The summed E-state index contributed by atoms with van der Waals surface area (Å²) in [7, 11) is 0. The molecule has 0 bridgehead atoms. The minimum Gasteiger partial charge on any atom is -0.483 e. The predicted octanol–water partition coefficient (Wildman–Crippen LogP) is 5.23. The van der Waals surface area contributed by atoms with Crippen molar-refractivity contribution in [3.8, 4) is 17.2 Å². The Kier molecular flexibility index (Phi) is 4.01. The first-order valence-corrected chi connectivity index (χ1v) is 8.28. The van der Waals surface area contributed by atoms with Gasteiger partial charge in [0.2, 0.25) is 5.89 Å². The molecule has 0 saturated heterocycles. The molecule has 3 aromatic carbocycles. The molecule has 4 aromatic rings. The van der Waals surface area contributed by atoms with E-state index >= 15 is 0 Å². The van der Waals surface area contributed by atoms with Crippen LogP contribution in [0.2, 0.25) is 0 Å². The Morgan fingerprint density at radius 2 is 1.75 bits per heavy atom. The Balaban J connectivity index is 1.54. The van der Waals surface area contributed by atoms with E-state index in [9.17, 15) is 0 Å². The van der Waals surface area contributed by atoms with E-state index in [1.165, 1.54) is 0 Å². The van der Waals surface area contributed by atoms with Crippen LogP contribution in [0.25, 0.3) is 22.2 Å². The molecule has 0 aliphatic heterocycles. The lowest BCUT2D eigenvalue weighted by Gasteiger charge is -2.07. The van der Waals surface area contributed by atoms with Crippen molar-refractivity contribution < 1.29 is 9.15 Å². The molecule has 5 heteroatoms. The molecule has 0 spiro atoms. The van der Waals surface area contributed by atoms with Crippen LogP contribution in [0, 0.1) is 0 Å². The topological polar surface area (TPSA) is 48.2 Å². The minimum atomic E-state index is 0.231. The van der Waals surface area contributed by atoms with Crippen molar-refractivity contribution in [2.45, 2.75) is 6.61 Å². The van der Waals surface area contributed by atoms with E-state index in [0.29, 0.717) is 11.8 Å². The Labute approximate surface area is 147 Å². The second kappa shape index (κ2) is 6.45. The number of aromatic nitrogens is 2. The molecule has 0 atom stereocenters. The van der Waals surface area contributed by atoms with E-state index in [-0.39, 0.29) is 6.61 Å². The number of halogens is 1. The highest BCUT2D eigenvalue weighted by atomic mass is 79.9. The molecule has 118 valence electrons. The largest absolute Gasteiger partial charge is 0.483 e. The SMILES string of the molecule is Brc1cccc(-c2nnc(COc3cccc4ccccc34)o2)c1. The van der Waals surface area contributed by atoms with Gasteiger partial charge in [-0.25, -0.2) is 0 Å². The van der Waals surface area contributed by atoms with E-state index in [1.807, 2.05) is 54.6 Å². The molecule has 0 radical (unpaired) electrons. The van der Waals surface area contributed by atoms with Gasteiger partial charge in [0.1, 0.15) is 5.75 Å². The third-order valence-corrected chi connectivity index (χ3v) is 4.13. The Bertz CT molecular complexity index is 992. The second-order valence-electron chi connectivity index (χ2n) is 5.28. The molecule has 0 aliphatic rings. The first kappa shape index (κ1) is 14.9. The molecular formula is C19H13BrN2O2. The highest BCUT2D eigenvalue weighted by Crippen LogP contribution is 2.26. The standard InChI is InChI=1S/C19H13BrN2O2/c20-15-8-3-7-14(11-15)19-22-21-18(24-19)12-23-17-10-4-6-13-5-1-2-9-16(13)17/h1-11H,12H2. The fourth-order valence-corrected chi connectivity index (χ4v) is 2.91. The normalized spacial score (nSPS) is 10.9. The average molecular weight is 381 g/mol. The van der Waals surface area contributed by atoms with Gasteiger partial charge in [0.15, 0.2) is 6.61 Å². The van der Waals surface area contributed by atoms with Crippen LogP contribution < -0.4 is 4.74 Å². The summed E-state index contributed by atoms with van der Waals surface area (Å²) >= 11 is 3.44. The average Bonchev–Trinajstić information content (AvgIpc) is 3.09. The van der Waals surface area contributed by atoms with E-state index in [0.717, 1.165) is 26.6 Å². The number of ether oxygens (including phenoxy) is 1. The Morgan fingerprint density at radius 1 is 0.917 bits per heavy atom. The maximum absolute atomic E-state index is 5.87. The van der Waals surface area contributed by atoms with Gasteiger partial charge in [0.05, 0.1) is 0 Å². The molecule has 0 amide bonds. The first-order valence-electron chi connectivity index (χ1n) is 7.48. The van der Waals surface area contributed by atoms with Gasteiger partial charge in [-0.3, -0.25) is 0 Å². The second-order valence-corrected chi connectivity index (χ2v) is 6.19. The fraction of sp³-hybridized carbons (Fsp3) is 0.0526. The molecule has 1 aromatic heterocycles. The summed E-state index contributed by atoms with van der Waals surface area (Å²) < 4.78 is 12.5. The van der Waals surface area contributed by atoms with Crippen LogP contribution in [0.4, 0.5) is 0 Å². The molecule has 0 N–H and O–H groups in total. The lowest BCUT2D eigenvalue weighted by atomic mass is 10.1. The maximum atomic E-state index is 5.87. The number of rotatable bonds is 4. The van der Waals surface area contributed by atoms with E-state index in [2.05, 4.69) is 38.3 Å². The summed E-state index contributed by atoms with van der Waals surface area (Å²) in [5, 5.41) is 10.3. The van der Waals surface area contributed by atoms with Gasteiger partial charge < -0.3 is 9.15 Å². The van der Waals surface area contributed by atoms with E-state index in [4.69, 9.17) is 9.15 Å². The Hall–Kier alpha value is -2.66. The van der Waals surface area contributed by atoms with Gasteiger partial charge >= 0.3 is 0 Å². The van der Waals surface area contributed by atoms with Crippen molar-refractivity contribution in [1.29, 1.82) is 0 Å². The van der Waals surface area contributed by atoms with Gasteiger partial charge in [0, 0.05) is 15.4 Å². The third-order valence-electron chi connectivity index (χ3n) is 3.64. The summed E-state index contributed by atoms with van der Waals surface area (Å²) in [6, 6.07) is 21.8. The van der Waals surface area contributed by atoms with Crippen LogP contribution in [0.15, 0.2) is 75.6 Å². The number of fused-ring (bicyclic) bond motifs is 1. The van der Waals surface area contributed by atoms with Crippen LogP contribution in [0.1, 0.15) is 5.89 Å². The van der Waals surface area contributed by atoms with Gasteiger partial charge in [-0.1, -0.05) is 58.4 Å². The summed E-state index contributed by atoms with van der Waals surface area (Å²) in [6.07, 6.45) is 0. The molecule has 0 saturated carbocycles. The van der Waals surface area contributed by atoms with Gasteiger partial charge in [-0.05, 0) is 29.7 Å². The van der Waals surface area contributed by atoms with Crippen molar-refractivity contribution in [3.05, 3.63) is 77.1 Å². The van der Waals surface area contributed by atoms with Crippen LogP contribution in [-0.4, -0.2) is 10.2 Å². The summed E-state index contributed by atoms with van der Waals surface area (Å²) in [5.74, 6) is 1.72. The molecule has 0 unspecified atom stereocenters. The highest BCUT2D eigenvalue weighted by molar-refractivity contribution is 9.10. The molecule has 0 fully saturated rings. The zero-order chi connectivity index (χ0) is 16.4. The van der Waals surface area contributed by atoms with Crippen molar-refractivity contribution in [2.75, 3.05) is 0 Å². The minimum absolute atomic E-state index is 0.231. The zero-order valence-corrected chi connectivity index (χ0v) is 14.2. The molecule has 4 rings (SSSR count). The fourth-order valence-electron chi connectivity index (χ4n) is 2.51. The molecule has 4 nitrogen and oxygen atoms in total. The molecule has 24 heavy (non-hydrogen) atoms. The molecule has 1 heterocycles. The summed E-state index contributed by atoms with van der Waals surface area (Å²) in [4.78, 5) is 0. The van der Waals surface area contributed by atoms with Gasteiger partial charge in [-0.2, -0.15) is 0 Å². The van der Waals surface area contributed by atoms with Crippen molar-refractivity contribution >= 4 is 26.7 Å². The van der Waals surface area contributed by atoms with Crippen LogP contribution in [0.5, 0.6) is 5.75 Å². The van der Waals surface area contributed by atoms with Gasteiger partial charge in [0.25, 0.3) is 5.89 Å². The maximum Gasteiger partial charge on any atom is 0.254 e. The van der Waals surface area contributed by atoms with Crippen LogP contribution >= 0.6 is 15.9 Å².